The van der Waals surface area contributed by atoms with Gasteiger partial charge in [0, 0.05) is 9.50 Å². The maximum Gasteiger partial charge on any atom is 0.335 e. The molecule has 1 fully saturated rings. The molecule has 0 aliphatic carbocycles. The molecule has 1 heterocycles. The van der Waals surface area contributed by atoms with Crippen LogP contribution < -0.4 is 19.7 Å². The second-order valence-electron chi connectivity index (χ2n) is 7.61. The number of ether oxygens (including phenoxy) is 2. The Labute approximate surface area is 219 Å². The molecule has 10 heteroatoms. The largest absolute Gasteiger partial charge is 0.490 e. The predicted molar refractivity (Wildman–Crippen MR) is 136 cm³/mol. The smallest absolute Gasteiger partial charge is 0.335 e. The molecule has 4 rings (SSSR count). The van der Waals surface area contributed by atoms with Crippen molar-refractivity contribution in [2.24, 2.45) is 0 Å². The van der Waals surface area contributed by atoms with Crippen LogP contribution in [0.25, 0.3) is 6.08 Å². The van der Waals surface area contributed by atoms with Crippen LogP contribution in [0.1, 0.15) is 18.1 Å². The number of imide groups is 2. The van der Waals surface area contributed by atoms with Crippen LogP contribution in [-0.4, -0.2) is 24.5 Å². The van der Waals surface area contributed by atoms with Crippen LogP contribution >= 0.6 is 27.5 Å². The average molecular weight is 574 g/mol. The van der Waals surface area contributed by atoms with Crippen LogP contribution in [0.4, 0.5) is 14.9 Å². The Balaban J connectivity index is 1.66. The molecule has 0 unspecified atom stereocenters. The lowest BCUT2D eigenvalue weighted by atomic mass is 10.1. The predicted octanol–water partition coefficient (Wildman–Crippen LogP) is 5.89. The third-order valence-electron chi connectivity index (χ3n) is 5.14. The summed E-state index contributed by atoms with van der Waals surface area (Å²) in [5.41, 5.74) is 1.02. The molecule has 1 aliphatic rings. The van der Waals surface area contributed by atoms with E-state index in [1.54, 1.807) is 24.3 Å². The normalized spacial score (nSPS) is 14.7. The van der Waals surface area contributed by atoms with E-state index in [1.165, 1.54) is 24.3 Å². The van der Waals surface area contributed by atoms with Crippen LogP contribution in [0.2, 0.25) is 5.02 Å². The number of barbiturate groups is 1. The fourth-order valence-corrected chi connectivity index (χ4v) is 4.01. The number of nitrogens with one attached hydrogen (secondary N) is 1. The fraction of sp³-hybridized carbons (Fsp3) is 0.115. The minimum Gasteiger partial charge on any atom is -0.490 e. The molecular weight excluding hydrogens is 555 g/mol. The number of rotatable bonds is 7. The first-order chi connectivity index (χ1) is 17.3. The van der Waals surface area contributed by atoms with Crippen LogP contribution in [0, 0.1) is 5.82 Å². The molecule has 0 atom stereocenters. The summed E-state index contributed by atoms with van der Waals surface area (Å²) >= 11 is 9.38. The minimum atomic E-state index is -0.965. The van der Waals surface area contributed by atoms with Gasteiger partial charge in [0.2, 0.25) is 0 Å². The van der Waals surface area contributed by atoms with E-state index < -0.39 is 23.7 Å². The van der Waals surface area contributed by atoms with E-state index in [0.29, 0.717) is 38.1 Å². The van der Waals surface area contributed by atoms with Gasteiger partial charge in [-0.3, -0.25) is 14.9 Å². The molecule has 0 spiro atoms. The van der Waals surface area contributed by atoms with Crippen LogP contribution in [-0.2, 0) is 16.2 Å². The van der Waals surface area contributed by atoms with Crippen molar-refractivity contribution in [2.45, 2.75) is 13.5 Å². The van der Waals surface area contributed by atoms with Gasteiger partial charge < -0.3 is 9.47 Å². The van der Waals surface area contributed by atoms with Crippen molar-refractivity contribution in [1.82, 2.24) is 5.32 Å². The second kappa shape index (κ2) is 10.9. The number of nitrogens with zero attached hydrogens (tertiary/aromatic N) is 1. The van der Waals surface area contributed by atoms with E-state index in [4.69, 9.17) is 21.1 Å². The van der Waals surface area contributed by atoms with Gasteiger partial charge in [-0.05, 0) is 66.6 Å². The molecule has 1 N–H and O–H groups in total. The maximum atomic E-state index is 13.7. The summed E-state index contributed by atoms with van der Waals surface area (Å²) < 4.78 is 25.9. The fourth-order valence-electron chi connectivity index (χ4n) is 3.45. The molecule has 1 aliphatic heterocycles. The van der Waals surface area contributed by atoms with E-state index in [0.717, 1.165) is 11.6 Å². The lowest BCUT2D eigenvalue weighted by molar-refractivity contribution is -0.122. The Morgan fingerprint density at radius 2 is 1.75 bits per heavy atom. The third-order valence-corrected chi connectivity index (χ3v) is 6.08. The first-order valence-electron chi connectivity index (χ1n) is 10.8. The molecular formula is C26H19BrClFN2O5. The molecule has 0 radical (unpaired) electrons. The molecule has 3 aromatic carbocycles. The first-order valence-corrected chi connectivity index (χ1v) is 11.9. The lowest BCUT2D eigenvalue weighted by Gasteiger charge is -2.26. The van der Waals surface area contributed by atoms with Gasteiger partial charge in [-0.25, -0.2) is 14.1 Å². The topological polar surface area (TPSA) is 84.9 Å². The standard InChI is InChI=1S/C26H19BrClFN2O5/c1-2-35-22-11-16(21(27)13-23(22)36-14-15-6-8-17(28)9-7-15)10-20-24(32)30-26(34)31(25(20)33)19-5-3-4-18(29)12-19/h3-13H,2,14H2,1H3,(H,30,32,34)/b20-10+. The number of hydrogen-bond donors (Lipinski definition) is 1. The third kappa shape index (κ3) is 5.58. The summed E-state index contributed by atoms with van der Waals surface area (Å²) in [6, 6.07) is 14.5. The Hall–Kier alpha value is -3.69. The molecule has 0 bridgehead atoms. The zero-order valence-corrected chi connectivity index (χ0v) is 21.2. The van der Waals surface area contributed by atoms with Crippen molar-refractivity contribution >= 4 is 57.1 Å². The van der Waals surface area contributed by atoms with E-state index in [-0.39, 0.29) is 17.9 Å². The molecule has 36 heavy (non-hydrogen) atoms. The highest BCUT2D eigenvalue weighted by Gasteiger charge is 2.37. The summed E-state index contributed by atoms with van der Waals surface area (Å²) in [6.45, 7) is 2.41. The Kier molecular flexibility index (Phi) is 7.71. The monoisotopic (exact) mass is 572 g/mol. The number of hydrogen-bond acceptors (Lipinski definition) is 5. The number of benzene rings is 3. The van der Waals surface area contributed by atoms with Gasteiger partial charge in [-0.2, -0.15) is 0 Å². The van der Waals surface area contributed by atoms with Crippen molar-refractivity contribution in [3.63, 3.8) is 0 Å². The SMILES string of the molecule is CCOc1cc(/C=C2\C(=O)NC(=O)N(c3cccc(F)c3)C2=O)c(Br)cc1OCc1ccc(Cl)cc1. The number of urea groups is 1. The van der Waals surface area contributed by atoms with Crippen molar-refractivity contribution in [3.05, 3.63) is 92.7 Å². The summed E-state index contributed by atoms with van der Waals surface area (Å²) in [6.07, 6.45) is 1.33. The Bertz CT molecular complexity index is 1380. The van der Waals surface area contributed by atoms with Crippen molar-refractivity contribution in [3.8, 4) is 11.5 Å². The number of carbonyl (C=O) groups excluding carboxylic acids is 3. The number of amides is 4. The minimum absolute atomic E-state index is 0.00378. The van der Waals surface area contributed by atoms with Crippen LogP contribution in [0.5, 0.6) is 11.5 Å². The van der Waals surface area contributed by atoms with Gasteiger partial charge in [-0.1, -0.05) is 45.7 Å². The summed E-state index contributed by atoms with van der Waals surface area (Å²) in [4.78, 5) is 38.7. The van der Waals surface area contributed by atoms with Crippen LogP contribution in [0.15, 0.2) is 70.7 Å². The van der Waals surface area contributed by atoms with Crippen molar-refractivity contribution < 1.29 is 28.2 Å². The highest BCUT2D eigenvalue weighted by molar-refractivity contribution is 9.10. The van der Waals surface area contributed by atoms with Gasteiger partial charge in [0.15, 0.2) is 11.5 Å². The second-order valence-corrected chi connectivity index (χ2v) is 8.90. The zero-order valence-electron chi connectivity index (χ0n) is 18.9. The maximum absolute atomic E-state index is 13.7. The summed E-state index contributed by atoms with van der Waals surface area (Å²) in [5, 5.41) is 2.74. The molecule has 184 valence electrons. The van der Waals surface area contributed by atoms with Gasteiger partial charge in [-0.15, -0.1) is 0 Å². The van der Waals surface area contributed by atoms with Gasteiger partial charge >= 0.3 is 6.03 Å². The molecule has 7 nitrogen and oxygen atoms in total. The zero-order chi connectivity index (χ0) is 25.8. The highest BCUT2D eigenvalue weighted by atomic mass is 79.9. The molecule has 3 aromatic rings. The molecule has 0 saturated carbocycles. The highest BCUT2D eigenvalue weighted by Crippen LogP contribution is 2.36. The lowest BCUT2D eigenvalue weighted by Crippen LogP contribution is -2.54. The van der Waals surface area contributed by atoms with E-state index in [9.17, 15) is 18.8 Å². The number of carbonyl (C=O) groups is 3. The quantitative estimate of drug-likeness (QED) is 0.282. The van der Waals surface area contributed by atoms with Gasteiger partial charge in [0.1, 0.15) is 18.0 Å². The van der Waals surface area contributed by atoms with Gasteiger partial charge in [0.25, 0.3) is 11.8 Å². The van der Waals surface area contributed by atoms with Gasteiger partial charge in [0.05, 0.1) is 12.3 Å². The molecule has 4 amide bonds. The molecule has 0 aromatic heterocycles. The summed E-state index contributed by atoms with van der Waals surface area (Å²) in [7, 11) is 0. The van der Waals surface area contributed by atoms with E-state index >= 15 is 0 Å². The first kappa shape index (κ1) is 25.4. The summed E-state index contributed by atoms with van der Waals surface area (Å²) in [5.74, 6) is -1.55. The number of halogens is 3. The average Bonchev–Trinajstić information content (AvgIpc) is 2.83. The Morgan fingerprint density at radius 3 is 2.44 bits per heavy atom. The Morgan fingerprint density at radius 1 is 1.03 bits per heavy atom. The molecule has 1 saturated heterocycles. The number of anilines is 1. The van der Waals surface area contributed by atoms with Crippen LogP contribution in [0.3, 0.4) is 0 Å². The van der Waals surface area contributed by atoms with Crippen molar-refractivity contribution in [1.29, 1.82) is 0 Å². The van der Waals surface area contributed by atoms with E-state index in [1.807, 2.05) is 19.1 Å². The van der Waals surface area contributed by atoms with E-state index in [2.05, 4.69) is 21.2 Å². The van der Waals surface area contributed by atoms with Crippen molar-refractivity contribution in [2.75, 3.05) is 11.5 Å².